The monoisotopic (exact) mass is 429 g/mol. The molecule has 0 saturated carbocycles. The van der Waals surface area contributed by atoms with Gasteiger partial charge in [0.25, 0.3) is 0 Å². The lowest BCUT2D eigenvalue weighted by Crippen LogP contribution is -2.42. The zero-order chi connectivity index (χ0) is 22.7. The summed E-state index contributed by atoms with van der Waals surface area (Å²) in [6, 6.07) is 12.8. The van der Waals surface area contributed by atoms with Gasteiger partial charge < -0.3 is 24.7 Å². The molecule has 31 heavy (non-hydrogen) atoms. The minimum absolute atomic E-state index is 0.0797. The van der Waals surface area contributed by atoms with Crippen molar-refractivity contribution in [2.45, 2.75) is 38.1 Å². The zero-order valence-electron chi connectivity index (χ0n) is 17.4. The normalized spacial score (nSPS) is 13.0. The number of ether oxygens (including phenoxy) is 2. The van der Waals surface area contributed by atoms with Crippen LogP contribution in [0.2, 0.25) is 0 Å². The highest BCUT2D eigenvalue weighted by Gasteiger charge is 2.22. The van der Waals surface area contributed by atoms with Crippen molar-refractivity contribution in [3.05, 3.63) is 66.1 Å². The molecule has 8 heteroatoms. The highest BCUT2D eigenvalue weighted by molar-refractivity contribution is 5.93. The van der Waals surface area contributed by atoms with Crippen molar-refractivity contribution in [2.75, 3.05) is 13.2 Å². The minimum Gasteiger partial charge on any atom is -0.494 e. The molecule has 0 fully saturated rings. The summed E-state index contributed by atoms with van der Waals surface area (Å²) in [6.45, 7) is 2.07. The van der Waals surface area contributed by atoms with Crippen LogP contribution in [0, 0.1) is 0 Å². The molecule has 0 bridgehead atoms. The molecular formula is C23H27NO7. The number of aliphatic carboxylic acids is 1. The van der Waals surface area contributed by atoms with Crippen LogP contribution in [0.1, 0.15) is 42.5 Å². The van der Waals surface area contributed by atoms with E-state index < -0.39 is 17.5 Å². The molecular weight excluding hydrogens is 402 g/mol. The standard InChI is InChI=1S/C23H27NO7/c1-23(24,16-30-22(28)12-11-21(26)27)14-13-18-9-10-20(31-18)19(25)8-5-15-29-17-6-3-2-4-7-17/h2-4,6-7,9-12H,5,8,13-16,24H2,1H3,(H,26,27)/t23-/m1/s1. The first kappa shape index (κ1) is 23.9. The Morgan fingerprint density at radius 1 is 1.13 bits per heavy atom. The van der Waals surface area contributed by atoms with Crippen molar-refractivity contribution in [2.24, 2.45) is 5.73 Å². The average Bonchev–Trinajstić information content (AvgIpc) is 3.22. The molecule has 1 aromatic carbocycles. The number of nitrogens with two attached hydrogens (primary N) is 1. The van der Waals surface area contributed by atoms with E-state index in [2.05, 4.69) is 0 Å². The number of benzene rings is 1. The van der Waals surface area contributed by atoms with Crippen molar-refractivity contribution < 1.29 is 33.4 Å². The summed E-state index contributed by atoms with van der Waals surface area (Å²) in [6.07, 6.45) is 3.31. The molecule has 1 heterocycles. The number of Topliss-reactive ketones (excluding diaryl/α,β-unsaturated/α-hetero) is 1. The van der Waals surface area contributed by atoms with Crippen LogP contribution in [0.5, 0.6) is 5.75 Å². The third-order valence-corrected chi connectivity index (χ3v) is 4.35. The van der Waals surface area contributed by atoms with Crippen molar-refractivity contribution >= 4 is 17.7 Å². The number of esters is 1. The zero-order valence-corrected chi connectivity index (χ0v) is 17.4. The number of carbonyl (C=O) groups is 3. The van der Waals surface area contributed by atoms with Crippen LogP contribution in [0.3, 0.4) is 0 Å². The van der Waals surface area contributed by atoms with Gasteiger partial charge in [-0.15, -0.1) is 0 Å². The lowest BCUT2D eigenvalue weighted by Gasteiger charge is -2.23. The number of furan rings is 1. The molecule has 0 unspecified atom stereocenters. The van der Waals surface area contributed by atoms with Gasteiger partial charge in [0.2, 0.25) is 0 Å². The third kappa shape index (κ3) is 9.31. The van der Waals surface area contributed by atoms with Gasteiger partial charge >= 0.3 is 11.9 Å². The molecule has 0 aliphatic heterocycles. The van der Waals surface area contributed by atoms with Gasteiger partial charge in [0, 0.05) is 30.5 Å². The van der Waals surface area contributed by atoms with Gasteiger partial charge in [-0.3, -0.25) is 4.79 Å². The molecule has 0 saturated heterocycles. The maximum absolute atomic E-state index is 12.3. The van der Waals surface area contributed by atoms with Crippen LogP contribution >= 0.6 is 0 Å². The molecule has 1 atom stereocenters. The summed E-state index contributed by atoms with van der Waals surface area (Å²) in [4.78, 5) is 34.1. The van der Waals surface area contributed by atoms with Gasteiger partial charge in [-0.1, -0.05) is 18.2 Å². The smallest absolute Gasteiger partial charge is 0.331 e. The first-order valence-corrected chi connectivity index (χ1v) is 9.91. The second-order valence-electron chi connectivity index (χ2n) is 7.39. The Labute approximate surface area is 180 Å². The Hall–Kier alpha value is -3.39. The van der Waals surface area contributed by atoms with Crippen LogP contribution in [-0.2, 0) is 20.7 Å². The van der Waals surface area contributed by atoms with Crippen molar-refractivity contribution in [3.63, 3.8) is 0 Å². The van der Waals surface area contributed by atoms with Crippen molar-refractivity contribution in [1.29, 1.82) is 0 Å². The second-order valence-corrected chi connectivity index (χ2v) is 7.39. The Balaban J connectivity index is 1.71. The maximum atomic E-state index is 12.3. The van der Waals surface area contributed by atoms with E-state index in [1.807, 2.05) is 30.3 Å². The summed E-state index contributed by atoms with van der Waals surface area (Å²) in [5, 5.41) is 8.49. The van der Waals surface area contributed by atoms with E-state index in [-0.39, 0.29) is 12.4 Å². The third-order valence-electron chi connectivity index (χ3n) is 4.35. The number of carboxylic acids is 1. The summed E-state index contributed by atoms with van der Waals surface area (Å²) >= 11 is 0. The number of hydrogen-bond acceptors (Lipinski definition) is 7. The maximum Gasteiger partial charge on any atom is 0.331 e. The highest BCUT2D eigenvalue weighted by atomic mass is 16.5. The average molecular weight is 429 g/mol. The van der Waals surface area contributed by atoms with Crippen LogP contribution in [-0.4, -0.2) is 41.6 Å². The topological polar surface area (TPSA) is 129 Å². The predicted molar refractivity (Wildman–Crippen MR) is 113 cm³/mol. The lowest BCUT2D eigenvalue weighted by atomic mass is 9.97. The fraction of sp³-hybridized carbons (Fsp3) is 0.348. The van der Waals surface area contributed by atoms with Gasteiger partial charge in [0.1, 0.15) is 18.1 Å². The molecule has 0 spiro atoms. The lowest BCUT2D eigenvalue weighted by molar-refractivity contribution is -0.140. The number of aryl methyl sites for hydroxylation is 1. The van der Waals surface area contributed by atoms with Crippen LogP contribution in [0.25, 0.3) is 0 Å². The van der Waals surface area contributed by atoms with E-state index in [0.717, 1.165) is 11.8 Å². The van der Waals surface area contributed by atoms with Gasteiger partial charge in [-0.2, -0.15) is 0 Å². The number of rotatable bonds is 13. The van der Waals surface area contributed by atoms with Gasteiger partial charge in [0.05, 0.1) is 6.61 Å². The quantitative estimate of drug-likeness (QED) is 0.215. The van der Waals surface area contributed by atoms with E-state index in [4.69, 9.17) is 24.7 Å². The largest absolute Gasteiger partial charge is 0.494 e. The van der Waals surface area contributed by atoms with E-state index in [1.54, 1.807) is 19.1 Å². The van der Waals surface area contributed by atoms with Gasteiger partial charge in [-0.25, -0.2) is 9.59 Å². The molecule has 0 aliphatic rings. The first-order chi connectivity index (χ1) is 14.7. The molecule has 1 aromatic heterocycles. The van der Waals surface area contributed by atoms with Crippen LogP contribution in [0.4, 0.5) is 0 Å². The number of carboxylic acid groups (broad SMARTS) is 1. The molecule has 166 valence electrons. The second kappa shape index (κ2) is 11.7. The van der Waals surface area contributed by atoms with Crippen LogP contribution in [0.15, 0.2) is 59.0 Å². The van der Waals surface area contributed by atoms with Crippen molar-refractivity contribution in [3.8, 4) is 5.75 Å². The molecule has 2 aromatic rings. The molecule has 0 radical (unpaired) electrons. The summed E-state index contributed by atoms with van der Waals surface area (Å²) in [7, 11) is 0. The van der Waals surface area contributed by atoms with Crippen LogP contribution < -0.4 is 10.5 Å². The summed E-state index contributed by atoms with van der Waals surface area (Å²) in [5.74, 6) is -0.446. The molecule has 0 aliphatic carbocycles. The van der Waals surface area contributed by atoms with E-state index in [9.17, 15) is 14.4 Å². The molecule has 0 amide bonds. The number of carbonyl (C=O) groups excluding carboxylic acids is 2. The van der Waals surface area contributed by atoms with E-state index in [0.29, 0.717) is 49.9 Å². The molecule has 2 rings (SSSR count). The van der Waals surface area contributed by atoms with E-state index in [1.165, 1.54) is 0 Å². The SMILES string of the molecule is C[C@@](N)(CCc1ccc(C(=O)CCCOc2ccccc2)o1)COC(=O)C=CC(=O)O. The Morgan fingerprint density at radius 2 is 1.87 bits per heavy atom. The number of para-hydroxylation sites is 1. The van der Waals surface area contributed by atoms with E-state index >= 15 is 0 Å². The first-order valence-electron chi connectivity index (χ1n) is 9.91. The highest BCUT2D eigenvalue weighted by Crippen LogP contribution is 2.17. The Kier molecular flexibility index (Phi) is 9.02. The molecule has 8 nitrogen and oxygen atoms in total. The van der Waals surface area contributed by atoms with Crippen molar-refractivity contribution in [1.82, 2.24) is 0 Å². The van der Waals surface area contributed by atoms with Gasteiger partial charge in [0.15, 0.2) is 11.5 Å². The Bertz CT molecular complexity index is 900. The summed E-state index contributed by atoms with van der Waals surface area (Å²) in [5.41, 5.74) is 5.29. The predicted octanol–water partition coefficient (Wildman–Crippen LogP) is 3.16. The van der Waals surface area contributed by atoms with Gasteiger partial charge in [-0.05, 0) is 44.0 Å². The number of hydrogen-bond donors (Lipinski definition) is 2. The Morgan fingerprint density at radius 3 is 2.58 bits per heavy atom. The summed E-state index contributed by atoms with van der Waals surface area (Å²) < 4.78 is 16.2. The fourth-order valence-electron chi connectivity index (χ4n) is 2.63. The number of ketones is 1. The fourth-order valence-corrected chi connectivity index (χ4v) is 2.63. The molecule has 3 N–H and O–H groups in total. The minimum atomic E-state index is -1.24.